The maximum atomic E-state index is 12.9. The Bertz CT molecular complexity index is 1350. The smallest absolute Gasteiger partial charge is 0.262 e. The highest BCUT2D eigenvalue weighted by Gasteiger charge is 2.11. The van der Waals surface area contributed by atoms with Gasteiger partial charge in [-0.1, -0.05) is 60.1 Å². The molecule has 0 atom stereocenters. The minimum absolute atomic E-state index is 0.194. The van der Waals surface area contributed by atoms with Crippen LogP contribution in [-0.2, 0) is 13.1 Å². The molecule has 5 nitrogen and oxygen atoms in total. The number of benzene rings is 3. The molecule has 0 aliphatic rings. The van der Waals surface area contributed by atoms with Gasteiger partial charge in [0.2, 0.25) is 0 Å². The summed E-state index contributed by atoms with van der Waals surface area (Å²) in [6.07, 6.45) is 0. The van der Waals surface area contributed by atoms with E-state index in [4.69, 9.17) is 23.8 Å². The molecule has 7 heteroatoms. The summed E-state index contributed by atoms with van der Waals surface area (Å²) in [5.41, 5.74) is 2.58. The molecule has 0 unspecified atom stereocenters. The van der Waals surface area contributed by atoms with E-state index in [0.29, 0.717) is 39.3 Å². The second kappa shape index (κ2) is 8.65. The first-order valence-electron chi connectivity index (χ1n) is 9.35. The van der Waals surface area contributed by atoms with Crippen molar-refractivity contribution in [1.82, 2.24) is 14.9 Å². The molecule has 3 aromatic carbocycles. The molecule has 150 valence electrons. The lowest BCUT2D eigenvalue weighted by Gasteiger charge is -2.10. The summed E-state index contributed by atoms with van der Waals surface area (Å²) in [6.45, 7) is 0.691. The first-order valence-corrected chi connectivity index (χ1v) is 10.1. The summed E-state index contributed by atoms with van der Waals surface area (Å²) in [5.74, 6) is -0.260. The lowest BCUT2D eigenvalue weighted by molar-refractivity contribution is 0.0951. The average molecular weight is 436 g/mol. The lowest BCUT2D eigenvalue weighted by Crippen LogP contribution is -2.24. The van der Waals surface area contributed by atoms with Crippen molar-refractivity contribution in [2.45, 2.75) is 13.1 Å². The molecule has 1 amide bonds. The van der Waals surface area contributed by atoms with Gasteiger partial charge in [-0.15, -0.1) is 0 Å². The van der Waals surface area contributed by atoms with E-state index in [1.54, 1.807) is 24.3 Å². The van der Waals surface area contributed by atoms with Crippen LogP contribution in [0.2, 0.25) is 5.02 Å². The van der Waals surface area contributed by atoms with Crippen molar-refractivity contribution in [3.63, 3.8) is 0 Å². The van der Waals surface area contributed by atoms with Gasteiger partial charge in [0.1, 0.15) is 0 Å². The molecular formula is C23H18ClN3O2S. The number of nitrogens with one attached hydrogen (secondary N) is 2. The lowest BCUT2D eigenvalue weighted by atomic mass is 10.1. The third kappa shape index (κ3) is 4.20. The number of aromatic nitrogens is 2. The normalized spacial score (nSPS) is 10.8. The van der Waals surface area contributed by atoms with Gasteiger partial charge in [0, 0.05) is 17.1 Å². The van der Waals surface area contributed by atoms with Crippen molar-refractivity contribution < 1.29 is 4.79 Å². The number of H-pyrrole nitrogens is 1. The minimum atomic E-state index is -0.260. The maximum Gasteiger partial charge on any atom is 0.262 e. The summed E-state index contributed by atoms with van der Waals surface area (Å²) in [4.78, 5) is 28.6. The SMILES string of the molecule is O=C(NCc1ccccc1Cl)c1ccc2c(=O)n(Cc3ccccc3)c(=S)[nH]c2c1. The molecule has 1 heterocycles. The standard InChI is InChI=1S/C23H18ClN3O2S/c24-19-9-5-4-8-17(19)13-25-21(28)16-10-11-18-20(12-16)26-23(30)27(22(18)29)14-15-6-2-1-3-7-15/h1-12H,13-14H2,(H,25,28)(H,26,30). The Balaban J connectivity index is 1.61. The minimum Gasteiger partial charge on any atom is -0.348 e. The molecule has 4 aromatic rings. The van der Waals surface area contributed by atoms with Gasteiger partial charge in [0.15, 0.2) is 4.77 Å². The van der Waals surface area contributed by atoms with Crippen LogP contribution in [0.4, 0.5) is 0 Å². The number of rotatable bonds is 5. The topological polar surface area (TPSA) is 66.9 Å². The molecule has 0 aliphatic heterocycles. The number of fused-ring (bicyclic) bond motifs is 1. The molecule has 0 saturated heterocycles. The number of aromatic amines is 1. The largest absolute Gasteiger partial charge is 0.348 e. The van der Waals surface area contributed by atoms with Gasteiger partial charge in [0.25, 0.3) is 11.5 Å². The fraction of sp³-hybridized carbons (Fsp3) is 0.0870. The Kier molecular flexibility index (Phi) is 5.79. The van der Waals surface area contributed by atoms with Crippen molar-refractivity contribution >= 4 is 40.6 Å². The second-order valence-corrected chi connectivity index (χ2v) is 7.64. The van der Waals surface area contributed by atoms with Gasteiger partial charge >= 0.3 is 0 Å². The van der Waals surface area contributed by atoms with Crippen molar-refractivity contribution in [1.29, 1.82) is 0 Å². The van der Waals surface area contributed by atoms with E-state index < -0.39 is 0 Å². The van der Waals surface area contributed by atoms with Crippen molar-refractivity contribution in [2.24, 2.45) is 0 Å². The first-order chi connectivity index (χ1) is 14.5. The van der Waals surface area contributed by atoms with E-state index in [1.807, 2.05) is 48.5 Å². The zero-order valence-corrected chi connectivity index (χ0v) is 17.5. The molecule has 1 aromatic heterocycles. The Morgan fingerprint density at radius 2 is 1.77 bits per heavy atom. The van der Waals surface area contributed by atoms with E-state index in [2.05, 4.69) is 10.3 Å². The molecule has 0 radical (unpaired) electrons. The zero-order chi connectivity index (χ0) is 21.1. The van der Waals surface area contributed by atoms with Crippen LogP contribution in [0.15, 0.2) is 77.6 Å². The third-order valence-electron chi connectivity index (χ3n) is 4.82. The number of nitrogens with zero attached hydrogens (tertiary/aromatic N) is 1. The van der Waals surface area contributed by atoms with E-state index in [0.717, 1.165) is 11.1 Å². The number of carbonyl (C=O) groups is 1. The van der Waals surface area contributed by atoms with Gasteiger partial charge in [-0.05, 0) is 47.6 Å². The van der Waals surface area contributed by atoms with Crippen LogP contribution in [0.3, 0.4) is 0 Å². The Labute approximate surface area is 183 Å². The van der Waals surface area contributed by atoms with Gasteiger partial charge in [-0.25, -0.2) is 0 Å². The number of halogens is 1. The van der Waals surface area contributed by atoms with Crippen molar-refractivity contribution in [3.05, 3.63) is 110 Å². The van der Waals surface area contributed by atoms with E-state index in [9.17, 15) is 9.59 Å². The zero-order valence-electron chi connectivity index (χ0n) is 15.9. The van der Waals surface area contributed by atoms with Gasteiger partial charge in [0.05, 0.1) is 17.4 Å². The molecule has 0 fully saturated rings. The second-order valence-electron chi connectivity index (χ2n) is 6.84. The van der Waals surface area contributed by atoms with Crippen LogP contribution >= 0.6 is 23.8 Å². The fourth-order valence-corrected chi connectivity index (χ4v) is 3.68. The highest BCUT2D eigenvalue weighted by Crippen LogP contribution is 2.15. The monoisotopic (exact) mass is 435 g/mol. The number of hydrogen-bond donors (Lipinski definition) is 2. The molecule has 4 rings (SSSR count). The van der Waals surface area contributed by atoms with E-state index in [1.165, 1.54) is 4.57 Å². The number of hydrogen-bond acceptors (Lipinski definition) is 3. The summed E-state index contributed by atoms with van der Waals surface area (Å²) < 4.78 is 1.83. The number of amides is 1. The first kappa shape index (κ1) is 20.1. The average Bonchev–Trinajstić information content (AvgIpc) is 2.76. The highest BCUT2D eigenvalue weighted by molar-refractivity contribution is 7.71. The predicted octanol–water partition coefficient (Wildman–Crippen LogP) is 4.69. The van der Waals surface area contributed by atoms with Crippen LogP contribution in [0.25, 0.3) is 10.9 Å². The van der Waals surface area contributed by atoms with Crippen LogP contribution in [0.1, 0.15) is 21.5 Å². The van der Waals surface area contributed by atoms with Gasteiger partial charge < -0.3 is 10.3 Å². The molecule has 0 aliphatic carbocycles. The summed E-state index contributed by atoms with van der Waals surface area (Å²) in [5, 5.41) is 3.92. The summed E-state index contributed by atoms with van der Waals surface area (Å²) in [7, 11) is 0. The van der Waals surface area contributed by atoms with Crippen LogP contribution in [0, 0.1) is 4.77 Å². The Morgan fingerprint density at radius 1 is 1.03 bits per heavy atom. The molecular weight excluding hydrogens is 418 g/mol. The van der Waals surface area contributed by atoms with Gasteiger partial charge in [-0.2, -0.15) is 0 Å². The predicted molar refractivity (Wildman–Crippen MR) is 122 cm³/mol. The molecule has 0 saturated carbocycles. The van der Waals surface area contributed by atoms with Crippen molar-refractivity contribution in [2.75, 3.05) is 0 Å². The van der Waals surface area contributed by atoms with E-state index >= 15 is 0 Å². The third-order valence-corrected chi connectivity index (χ3v) is 5.52. The number of carbonyl (C=O) groups excluding carboxylic acids is 1. The maximum absolute atomic E-state index is 12.9. The van der Waals surface area contributed by atoms with Crippen LogP contribution < -0.4 is 10.9 Å². The Hall–Kier alpha value is -3.22. The summed E-state index contributed by atoms with van der Waals surface area (Å²) in [6, 6.07) is 21.9. The van der Waals surface area contributed by atoms with Crippen LogP contribution in [0.5, 0.6) is 0 Å². The van der Waals surface area contributed by atoms with E-state index in [-0.39, 0.29) is 11.5 Å². The molecule has 0 spiro atoms. The molecule has 0 bridgehead atoms. The summed E-state index contributed by atoms with van der Waals surface area (Å²) >= 11 is 11.5. The molecule has 2 N–H and O–H groups in total. The molecule has 30 heavy (non-hydrogen) atoms. The van der Waals surface area contributed by atoms with Crippen LogP contribution in [-0.4, -0.2) is 15.5 Å². The van der Waals surface area contributed by atoms with Crippen molar-refractivity contribution in [3.8, 4) is 0 Å². The highest BCUT2D eigenvalue weighted by atomic mass is 35.5. The van der Waals surface area contributed by atoms with Gasteiger partial charge in [-0.3, -0.25) is 14.2 Å². The Morgan fingerprint density at radius 3 is 2.53 bits per heavy atom. The quantitative estimate of drug-likeness (QED) is 0.447. The fourth-order valence-electron chi connectivity index (χ4n) is 3.22.